The van der Waals surface area contributed by atoms with Gasteiger partial charge < -0.3 is 5.73 Å². The minimum Gasteiger partial charge on any atom is -0.330 e. The van der Waals surface area contributed by atoms with Crippen molar-refractivity contribution in [3.8, 4) is 0 Å². The number of hydrogen-bond donors (Lipinski definition) is 1. The van der Waals surface area contributed by atoms with Crippen LogP contribution < -0.4 is 5.73 Å². The zero-order valence-electron chi connectivity index (χ0n) is 12.1. The van der Waals surface area contributed by atoms with E-state index in [0.717, 1.165) is 19.4 Å². The van der Waals surface area contributed by atoms with Crippen LogP contribution in [-0.4, -0.2) is 6.54 Å². The lowest BCUT2D eigenvalue weighted by molar-refractivity contribution is 0.905. The van der Waals surface area contributed by atoms with Crippen LogP contribution in [0.1, 0.15) is 59.8 Å². The predicted octanol–water partition coefficient (Wildman–Crippen LogP) is 4.75. The van der Waals surface area contributed by atoms with Crippen molar-refractivity contribution in [2.75, 3.05) is 6.54 Å². The molecule has 17 heavy (non-hydrogen) atoms. The molecule has 0 fully saturated rings. The molecule has 0 saturated carbocycles. The fourth-order valence-electron chi connectivity index (χ4n) is 1.67. The topological polar surface area (TPSA) is 26.0 Å². The van der Waals surface area contributed by atoms with Crippen LogP contribution in [0.2, 0.25) is 0 Å². The first-order valence-electron chi connectivity index (χ1n) is 6.71. The van der Waals surface area contributed by atoms with E-state index in [-0.39, 0.29) is 0 Å². The third kappa shape index (κ3) is 11.4. The second-order valence-corrected chi connectivity index (χ2v) is 5.04. The minimum atomic E-state index is 0.759. The molecule has 0 aliphatic rings. The number of nitrogens with two attached hydrogens (primary N) is 1. The summed E-state index contributed by atoms with van der Waals surface area (Å²) in [6, 6.07) is 0. The van der Waals surface area contributed by atoms with Gasteiger partial charge in [-0.2, -0.15) is 0 Å². The zero-order chi connectivity index (χ0) is 13.1. The molecule has 0 saturated heterocycles. The second kappa shape index (κ2) is 10.3. The van der Waals surface area contributed by atoms with Gasteiger partial charge >= 0.3 is 0 Å². The maximum atomic E-state index is 5.47. The van der Waals surface area contributed by atoms with E-state index in [4.69, 9.17) is 5.73 Å². The van der Waals surface area contributed by atoms with E-state index < -0.39 is 0 Å². The summed E-state index contributed by atoms with van der Waals surface area (Å²) in [6.07, 6.45) is 12.6. The molecule has 1 heteroatoms. The van der Waals surface area contributed by atoms with E-state index >= 15 is 0 Å². The number of rotatable bonds is 8. The second-order valence-electron chi connectivity index (χ2n) is 5.04. The minimum absolute atomic E-state index is 0.759. The van der Waals surface area contributed by atoms with Crippen LogP contribution >= 0.6 is 0 Å². The quantitative estimate of drug-likeness (QED) is 0.603. The fourth-order valence-corrected chi connectivity index (χ4v) is 1.67. The molecule has 0 aliphatic carbocycles. The molecule has 0 aromatic heterocycles. The van der Waals surface area contributed by atoms with E-state index in [1.807, 2.05) is 0 Å². The summed E-state index contributed by atoms with van der Waals surface area (Å²) in [5.74, 6) is 0. The van der Waals surface area contributed by atoms with Gasteiger partial charge in [0, 0.05) is 0 Å². The molecule has 0 radical (unpaired) electrons. The third-order valence-corrected chi connectivity index (χ3v) is 2.78. The van der Waals surface area contributed by atoms with Gasteiger partial charge in [0.05, 0.1) is 0 Å². The molecule has 0 bridgehead atoms. The van der Waals surface area contributed by atoms with Gasteiger partial charge in [-0.25, -0.2) is 0 Å². The molecule has 0 amide bonds. The van der Waals surface area contributed by atoms with Crippen LogP contribution in [-0.2, 0) is 0 Å². The molecular weight excluding hydrogens is 206 g/mol. The highest BCUT2D eigenvalue weighted by atomic mass is 14.5. The summed E-state index contributed by atoms with van der Waals surface area (Å²) in [4.78, 5) is 0. The van der Waals surface area contributed by atoms with Crippen LogP contribution in [0.25, 0.3) is 0 Å². The van der Waals surface area contributed by atoms with Crippen LogP contribution in [0.15, 0.2) is 34.9 Å². The fraction of sp³-hybridized carbons (Fsp3) is 0.625. The van der Waals surface area contributed by atoms with Crippen LogP contribution in [0.5, 0.6) is 0 Å². The molecule has 98 valence electrons. The van der Waals surface area contributed by atoms with Gasteiger partial charge in [0.15, 0.2) is 0 Å². The summed E-state index contributed by atoms with van der Waals surface area (Å²) in [5, 5.41) is 0. The Morgan fingerprint density at radius 2 is 1.24 bits per heavy atom. The van der Waals surface area contributed by atoms with Crippen molar-refractivity contribution in [1.29, 1.82) is 0 Å². The molecule has 0 atom stereocenters. The first kappa shape index (κ1) is 16.2. The first-order valence-corrected chi connectivity index (χ1v) is 6.71. The number of hydrogen-bond acceptors (Lipinski definition) is 1. The molecule has 0 aromatic rings. The largest absolute Gasteiger partial charge is 0.330 e. The van der Waals surface area contributed by atoms with Crippen molar-refractivity contribution in [2.24, 2.45) is 5.73 Å². The van der Waals surface area contributed by atoms with Crippen molar-refractivity contribution in [2.45, 2.75) is 59.8 Å². The molecular formula is C16H29N. The lowest BCUT2D eigenvalue weighted by atomic mass is 10.1. The molecule has 0 aromatic carbocycles. The SMILES string of the molecule is CC(C)=CCCC(C)=CCCC(C)=CCCN. The average Bonchev–Trinajstić information content (AvgIpc) is 2.25. The zero-order valence-corrected chi connectivity index (χ0v) is 12.1. The van der Waals surface area contributed by atoms with E-state index in [9.17, 15) is 0 Å². The van der Waals surface area contributed by atoms with E-state index in [2.05, 4.69) is 45.9 Å². The first-order chi connectivity index (χ1) is 8.06. The maximum Gasteiger partial charge on any atom is -0.00425 e. The van der Waals surface area contributed by atoms with Crippen molar-refractivity contribution < 1.29 is 0 Å². The Morgan fingerprint density at radius 3 is 1.71 bits per heavy atom. The summed E-state index contributed by atoms with van der Waals surface area (Å²) in [5.41, 5.74) is 9.86. The van der Waals surface area contributed by atoms with E-state index in [1.165, 1.54) is 36.0 Å². The Balaban J connectivity index is 3.80. The Hall–Kier alpha value is -0.820. The monoisotopic (exact) mass is 235 g/mol. The summed E-state index contributed by atoms with van der Waals surface area (Å²) in [7, 11) is 0. The lowest BCUT2D eigenvalue weighted by Crippen LogP contribution is -1.95. The van der Waals surface area contributed by atoms with Crippen molar-refractivity contribution in [3.05, 3.63) is 34.9 Å². The lowest BCUT2D eigenvalue weighted by Gasteiger charge is -2.01. The summed E-state index contributed by atoms with van der Waals surface area (Å²) >= 11 is 0. The van der Waals surface area contributed by atoms with Crippen molar-refractivity contribution >= 4 is 0 Å². The molecule has 0 rings (SSSR count). The maximum absolute atomic E-state index is 5.47. The average molecular weight is 235 g/mol. The molecule has 0 aliphatic heterocycles. The highest BCUT2D eigenvalue weighted by molar-refractivity contribution is 5.05. The normalized spacial score (nSPS) is 12.8. The van der Waals surface area contributed by atoms with E-state index in [0.29, 0.717) is 0 Å². The highest BCUT2D eigenvalue weighted by Gasteiger charge is 1.91. The van der Waals surface area contributed by atoms with Crippen LogP contribution in [0.3, 0.4) is 0 Å². The van der Waals surface area contributed by atoms with E-state index in [1.54, 1.807) is 0 Å². The highest BCUT2D eigenvalue weighted by Crippen LogP contribution is 2.11. The molecule has 0 spiro atoms. The predicted molar refractivity (Wildman–Crippen MR) is 79.1 cm³/mol. The van der Waals surface area contributed by atoms with Gasteiger partial charge in [-0.15, -0.1) is 0 Å². The third-order valence-electron chi connectivity index (χ3n) is 2.78. The summed E-state index contributed by atoms with van der Waals surface area (Å²) < 4.78 is 0. The van der Waals surface area contributed by atoms with Gasteiger partial charge in [0.25, 0.3) is 0 Å². The standard InChI is InChI=1S/C16H29N/c1-14(2)8-5-9-15(3)10-6-11-16(4)12-7-13-17/h8,10,12H,5-7,9,11,13,17H2,1-4H3. The smallest absolute Gasteiger partial charge is 0.00425 e. The molecule has 2 N–H and O–H groups in total. The summed E-state index contributed by atoms with van der Waals surface area (Å²) in [6.45, 7) is 9.50. The van der Waals surface area contributed by atoms with Crippen molar-refractivity contribution in [3.63, 3.8) is 0 Å². The van der Waals surface area contributed by atoms with Gasteiger partial charge in [-0.3, -0.25) is 0 Å². The van der Waals surface area contributed by atoms with Gasteiger partial charge in [-0.05, 0) is 66.3 Å². The molecule has 0 unspecified atom stereocenters. The van der Waals surface area contributed by atoms with Gasteiger partial charge in [-0.1, -0.05) is 34.9 Å². The van der Waals surface area contributed by atoms with Gasteiger partial charge in [0.2, 0.25) is 0 Å². The van der Waals surface area contributed by atoms with Crippen LogP contribution in [0.4, 0.5) is 0 Å². The Labute approximate surface area is 107 Å². The Morgan fingerprint density at radius 1 is 0.765 bits per heavy atom. The van der Waals surface area contributed by atoms with Crippen LogP contribution in [0, 0.1) is 0 Å². The molecule has 1 nitrogen and oxygen atoms in total. The molecule has 0 heterocycles. The Bertz CT molecular complexity index is 278. The Kier molecular flexibility index (Phi) is 9.84. The van der Waals surface area contributed by atoms with Crippen molar-refractivity contribution in [1.82, 2.24) is 0 Å². The van der Waals surface area contributed by atoms with Gasteiger partial charge in [0.1, 0.15) is 0 Å². The number of allylic oxidation sites excluding steroid dienone is 5.